The summed E-state index contributed by atoms with van der Waals surface area (Å²) in [5.74, 6) is 2.43. The summed E-state index contributed by atoms with van der Waals surface area (Å²) in [6, 6.07) is 19.2. The Morgan fingerprint density at radius 1 is 1.02 bits per heavy atom. The molecule has 4 aromatic heterocycles. The molecule has 10 heteroatoms. The van der Waals surface area contributed by atoms with Crippen molar-refractivity contribution in [3.05, 3.63) is 105 Å². The van der Waals surface area contributed by atoms with Crippen LogP contribution in [0.3, 0.4) is 0 Å². The van der Waals surface area contributed by atoms with Crippen LogP contribution in [0, 0.1) is 0 Å². The molecule has 0 aliphatic heterocycles. The predicted octanol–water partition coefficient (Wildman–Crippen LogP) is 5.50. The number of benzene rings is 2. The first-order valence-corrected chi connectivity index (χ1v) is 14.0. The van der Waals surface area contributed by atoms with E-state index in [1.165, 1.54) is 15.9 Å². The van der Waals surface area contributed by atoms with Gasteiger partial charge in [0.2, 0.25) is 4.96 Å². The lowest BCUT2D eigenvalue weighted by atomic mass is 10.2. The number of aromatic nitrogens is 5. The maximum absolute atomic E-state index is 13.3. The molecular formula is C31H27N5O4S. The Bertz CT molecular complexity index is 1920. The number of nitrogens with zero attached hydrogens (tertiary/aromatic N) is 5. The van der Waals surface area contributed by atoms with Crippen LogP contribution >= 0.6 is 11.3 Å². The fourth-order valence-electron chi connectivity index (χ4n) is 4.28. The summed E-state index contributed by atoms with van der Waals surface area (Å²) in [6.45, 7) is 2.77. The van der Waals surface area contributed by atoms with Crippen molar-refractivity contribution in [1.82, 2.24) is 24.4 Å². The molecule has 0 aliphatic carbocycles. The molecule has 9 nitrogen and oxygen atoms in total. The van der Waals surface area contributed by atoms with E-state index in [9.17, 15) is 4.79 Å². The minimum atomic E-state index is -0.245. The Morgan fingerprint density at radius 3 is 2.66 bits per heavy atom. The second kappa shape index (κ2) is 11.6. The van der Waals surface area contributed by atoms with Gasteiger partial charge in [0.15, 0.2) is 23.1 Å². The molecular weight excluding hydrogens is 538 g/mol. The Balaban J connectivity index is 1.29. The first-order chi connectivity index (χ1) is 20.1. The van der Waals surface area contributed by atoms with Gasteiger partial charge in [-0.3, -0.25) is 4.79 Å². The van der Waals surface area contributed by atoms with E-state index in [1.807, 2.05) is 72.9 Å². The Hall–Kier alpha value is -4.96. The number of ether oxygens (including phenoxy) is 2. The summed E-state index contributed by atoms with van der Waals surface area (Å²) in [7, 11) is 1.62. The van der Waals surface area contributed by atoms with Crippen LogP contribution in [0.4, 0.5) is 0 Å². The molecule has 41 heavy (non-hydrogen) atoms. The molecule has 0 N–H and O–H groups in total. The molecule has 6 aromatic rings. The Labute approximate surface area is 239 Å². The number of para-hydroxylation sites is 1. The second-order valence-corrected chi connectivity index (χ2v) is 10.2. The number of rotatable bonds is 10. The van der Waals surface area contributed by atoms with Crippen LogP contribution in [0.5, 0.6) is 11.5 Å². The molecule has 4 heterocycles. The highest BCUT2D eigenvalue weighted by atomic mass is 32.1. The average molecular weight is 566 g/mol. The van der Waals surface area contributed by atoms with Gasteiger partial charge in [0.25, 0.3) is 5.56 Å². The molecule has 0 atom stereocenters. The van der Waals surface area contributed by atoms with Gasteiger partial charge in [0.05, 0.1) is 30.2 Å². The molecule has 0 amide bonds. The third kappa shape index (κ3) is 5.55. The number of methoxy groups -OCH3 is 1. The highest BCUT2D eigenvalue weighted by molar-refractivity contribution is 7.15. The molecule has 0 unspecified atom stereocenters. The van der Waals surface area contributed by atoms with E-state index in [0.29, 0.717) is 44.9 Å². The van der Waals surface area contributed by atoms with Crippen molar-refractivity contribution in [2.75, 3.05) is 13.7 Å². The zero-order chi connectivity index (χ0) is 28.2. The topological polar surface area (TPSA) is 96.7 Å². The lowest BCUT2D eigenvalue weighted by molar-refractivity contribution is 0.288. The van der Waals surface area contributed by atoms with Gasteiger partial charge in [-0.25, -0.2) is 4.68 Å². The minimum absolute atomic E-state index is 0.245. The molecule has 0 spiro atoms. The van der Waals surface area contributed by atoms with Gasteiger partial charge in [0, 0.05) is 11.8 Å². The van der Waals surface area contributed by atoms with E-state index in [-0.39, 0.29) is 5.56 Å². The zero-order valence-corrected chi connectivity index (χ0v) is 23.4. The van der Waals surface area contributed by atoms with Crippen molar-refractivity contribution in [3.8, 4) is 28.6 Å². The van der Waals surface area contributed by atoms with Gasteiger partial charge in [-0.1, -0.05) is 55.0 Å². The van der Waals surface area contributed by atoms with E-state index in [0.717, 1.165) is 29.7 Å². The van der Waals surface area contributed by atoms with Crippen molar-refractivity contribution in [2.24, 2.45) is 0 Å². The molecule has 0 aliphatic rings. The maximum Gasteiger partial charge on any atom is 0.291 e. The number of unbranched alkanes of at least 4 members (excludes halogenated alkanes) is 1. The van der Waals surface area contributed by atoms with Gasteiger partial charge < -0.3 is 13.9 Å². The maximum atomic E-state index is 13.3. The lowest BCUT2D eigenvalue weighted by Crippen LogP contribution is -2.23. The van der Waals surface area contributed by atoms with E-state index in [4.69, 9.17) is 19.0 Å². The van der Waals surface area contributed by atoms with Crippen LogP contribution in [0.25, 0.3) is 40.3 Å². The Kier molecular flexibility index (Phi) is 7.46. The monoisotopic (exact) mass is 565 g/mol. The normalized spacial score (nSPS) is 12.1. The molecule has 0 bridgehead atoms. The van der Waals surface area contributed by atoms with Crippen molar-refractivity contribution in [3.63, 3.8) is 0 Å². The van der Waals surface area contributed by atoms with E-state index in [1.54, 1.807) is 30.2 Å². The second-order valence-electron chi connectivity index (χ2n) is 9.22. The summed E-state index contributed by atoms with van der Waals surface area (Å²) in [6.07, 6.45) is 11.0. The van der Waals surface area contributed by atoms with Gasteiger partial charge in [-0.05, 0) is 60.5 Å². The standard InChI is InChI=1S/C31H27N5O4S/c1-3-4-16-39-24-14-12-21(18-26(24)38-2)13-15-28-32-31-36(33-28)30(37)27(41-31)19-22-20-35(23-9-6-5-7-10-23)34-29(22)25-11-8-17-40-25/h5-15,17-20H,3-4,16H2,1-2H3/b15-13+,27-19-. The Morgan fingerprint density at radius 2 is 1.90 bits per heavy atom. The van der Waals surface area contributed by atoms with Crippen LogP contribution in [-0.2, 0) is 0 Å². The molecule has 0 radical (unpaired) electrons. The summed E-state index contributed by atoms with van der Waals surface area (Å²) in [4.78, 5) is 18.3. The number of hydrogen-bond acceptors (Lipinski definition) is 8. The van der Waals surface area contributed by atoms with Crippen LogP contribution in [0.1, 0.15) is 36.7 Å². The SMILES string of the molecule is CCCCOc1ccc(/C=C/c2nc3s/c(=C\c4cn(-c5ccccc5)nc4-c4ccco4)c(=O)n3n2)cc1OC. The number of fused-ring (bicyclic) bond motifs is 1. The predicted molar refractivity (Wildman–Crippen MR) is 160 cm³/mol. The van der Waals surface area contributed by atoms with Crippen molar-refractivity contribution >= 4 is 34.5 Å². The van der Waals surface area contributed by atoms with Crippen molar-refractivity contribution in [1.29, 1.82) is 0 Å². The van der Waals surface area contributed by atoms with Crippen LogP contribution in [0.15, 0.2) is 82.3 Å². The fraction of sp³-hybridized carbons (Fsp3) is 0.161. The van der Waals surface area contributed by atoms with Crippen LogP contribution < -0.4 is 19.6 Å². The molecule has 6 rings (SSSR count). The first kappa shape index (κ1) is 26.3. The lowest BCUT2D eigenvalue weighted by Gasteiger charge is -2.10. The smallest absolute Gasteiger partial charge is 0.291 e. The fourth-order valence-corrected chi connectivity index (χ4v) is 5.18. The van der Waals surface area contributed by atoms with Gasteiger partial charge in [-0.15, -0.1) is 5.10 Å². The van der Waals surface area contributed by atoms with E-state index < -0.39 is 0 Å². The summed E-state index contributed by atoms with van der Waals surface area (Å²) < 4.78 is 20.5. The van der Waals surface area contributed by atoms with Crippen molar-refractivity contribution < 1.29 is 13.9 Å². The van der Waals surface area contributed by atoms with Gasteiger partial charge in [0.1, 0.15) is 5.69 Å². The summed E-state index contributed by atoms with van der Waals surface area (Å²) in [5, 5.41) is 9.15. The molecule has 2 aromatic carbocycles. The highest BCUT2D eigenvalue weighted by Gasteiger charge is 2.15. The van der Waals surface area contributed by atoms with Crippen LogP contribution in [-0.4, -0.2) is 38.1 Å². The molecule has 0 saturated carbocycles. The molecule has 0 fully saturated rings. The summed E-state index contributed by atoms with van der Waals surface area (Å²) in [5.41, 5.74) is 2.95. The largest absolute Gasteiger partial charge is 0.493 e. The minimum Gasteiger partial charge on any atom is -0.493 e. The van der Waals surface area contributed by atoms with Crippen LogP contribution in [0.2, 0.25) is 0 Å². The highest BCUT2D eigenvalue weighted by Crippen LogP contribution is 2.29. The average Bonchev–Trinajstić information content (AvgIpc) is 3.80. The quantitative estimate of drug-likeness (QED) is 0.202. The van der Waals surface area contributed by atoms with Gasteiger partial charge in [-0.2, -0.15) is 14.6 Å². The van der Waals surface area contributed by atoms with Crippen molar-refractivity contribution in [2.45, 2.75) is 19.8 Å². The van der Waals surface area contributed by atoms with Gasteiger partial charge >= 0.3 is 0 Å². The number of furan rings is 1. The zero-order valence-electron chi connectivity index (χ0n) is 22.6. The molecule has 0 saturated heterocycles. The molecule has 206 valence electrons. The summed E-state index contributed by atoms with van der Waals surface area (Å²) >= 11 is 1.27. The number of thiazole rings is 1. The third-order valence-electron chi connectivity index (χ3n) is 6.37. The van der Waals surface area contributed by atoms with E-state index >= 15 is 0 Å². The first-order valence-electron chi connectivity index (χ1n) is 13.2. The number of hydrogen-bond donors (Lipinski definition) is 0. The third-order valence-corrected chi connectivity index (χ3v) is 7.33. The van der Waals surface area contributed by atoms with E-state index in [2.05, 4.69) is 17.0 Å².